The molecule has 0 bridgehead atoms. The molecular formula is C32H50. The van der Waals surface area contributed by atoms with Crippen LogP contribution in [0.5, 0.6) is 0 Å². The van der Waals surface area contributed by atoms with Gasteiger partial charge in [0.1, 0.15) is 0 Å². The lowest BCUT2D eigenvalue weighted by Crippen LogP contribution is -2.34. The highest BCUT2D eigenvalue weighted by Crippen LogP contribution is 2.45. The zero-order chi connectivity index (χ0) is 23.4. The summed E-state index contributed by atoms with van der Waals surface area (Å²) in [5, 5.41) is 0. The van der Waals surface area contributed by atoms with Gasteiger partial charge in [0.15, 0.2) is 0 Å². The van der Waals surface area contributed by atoms with Crippen LogP contribution in [0.25, 0.3) is 0 Å². The van der Waals surface area contributed by atoms with Gasteiger partial charge in [0.05, 0.1) is 0 Å². The monoisotopic (exact) mass is 434 g/mol. The van der Waals surface area contributed by atoms with E-state index < -0.39 is 0 Å². The van der Waals surface area contributed by atoms with Gasteiger partial charge < -0.3 is 0 Å². The zero-order valence-corrected chi connectivity index (χ0v) is 22.1. The summed E-state index contributed by atoms with van der Waals surface area (Å²) in [6, 6.07) is 16.6. The van der Waals surface area contributed by atoms with Crippen LogP contribution in [0.15, 0.2) is 42.5 Å². The van der Waals surface area contributed by atoms with Gasteiger partial charge in [0.2, 0.25) is 0 Å². The van der Waals surface area contributed by atoms with Gasteiger partial charge >= 0.3 is 0 Å². The number of unbranched alkanes of at least 4 members (excludes halogenated alkanes) is 4. The summed E-state index contributed by atoms with van der Waals surface area (Å²) in [4.78, 5) is 0. The van der Waals surface area contributed by atoms with Crippen LogP contribution in [-0.2, 0) is 24.7 Å². The van der Waals surface area contributed by atoms with E-state index in [2.05, 4.69) is 84.0 Å². The number of rotatable bonds is 15. The van der Waals surface area contributed by atoms with Crippen LogP contribution in [0.3, 0.4) is 0 Å². The van der Waals surface area contributed by atoms with Gasteiger partial charge in [-0.25, -0.2) is 0 Å². The van der Waals surface area contributed by atoms with Crippen LogP contribution in [0.2, 0.25) is 0 Å². The van der Waals surface area contributed by atoms with Crippen LogP contribution in [-0.4, -0.2) is 0 Å². The summed E-state index contributed by atoms with van der Waals surface area (Å²) in [7, 11) is 0. The first-order valence-electron chi connectivity index (χ1n) is 13.7. The summed E-state index contributed by atoms with van der Waals surface area (Å²) in [6.07, 6.45) is 15.2. The molecule has 2 aromatic rings. The molecule has 0 nitrogen and oxygen atoms in total. The maximum atomic E-state index is 2.60. The minimum Gasteiger partial charge on any atom is -0.0654 e. The molecule has 2 atom stereocenters. The molecule has 0 aliphatic heterocycles. The third kappa shape index (κ3) is 6.72. The maximum Gasteiger partial charge on any atom is 0.0205 e. The molecule has 0 saturated heterocycles. The number of aryl methyl sites for hydroxylation is 3. The lowest BCUT2D eigenvalue weighted by Gasteiger charge is -2.41. The quantitative estimate of drug-likeness (QED) is 0.261. The second kappa shape index (κ2) is 13.9. The molecule has 0 aromatic heterocycles. The minimum atomic E-state index is 0.0614. The van der Waals surface area contributed by atoms with Gasteiger partial charge in [-0.15, -0.1) is 0 Å². The fraction of sp³-hybridized carbons (Fsp3) is 0.625. The van der Waals surface area contributed by atoms with Crippen LogP contribution in [0.4, 0.5) is 0 Å². The van der Waals surface area contributed by atoms with E-state index in [1.54, 1.807) is 22.3 Å². The largest absolute Gasteiger partial charge is 0.0654 e. The Balaban J connectivity index is 2.74. The van der Waals surface area contributed by atoms with Gasteiger partial charge in [-0.05, 0) is 78.7 Å². The van der Waals surface area contributed by atoms with Crippen molar-refractivity contribution in [1.29, 1.82) is 0 Å². The van der Waals surface area contributed by atoms with E-state index in [-0.39, 0.29) is 5.41 Å². The van der Waals surface area contributed by atoms with Crippen LogP contribution in [0, 0.1) is 5.92 Å². The summed E-state index contributed by atoms with van der Waals surface area (Å²) in [5.41, 5.74) is 8.09. The number of hydrogen-bond donors (Lipinski definition) is 0. The van der Waals surface area contributed by atoms with E-state index >= 15 is 0 Å². The Morgan fingerprint density at radius 2 is 1.19 bits per heavy atom. The third-order valence-corrected chi connectivity index (χ3v) is 7.65. The van der Waals surface area contributed by atoms with E-state index in [9.17, 15) is 0 Å². The first kappa shape index (κ1) is 26.7. The molecule has 2 unspecified atom stereocenters. The van der Waals surface area contributed by atoms with E-state index in [0.29, 0.717) is 5.92 Å². The van der Waals surface area contributed by atoms with Gasteiger partial charge in [-0.1, -0.05) is 116 Å². The Morgan fingerprint density at radius 3 is 1.69 bits per heavy atom. The molecule has 2 aromatic carbocycles. The highest BCUT2D eigenvalue weighted by molar-refractivity contribution is 5.50. The number of hydrogen-bond acceptors (Lipinski definition) is 0. The fourth-order valence-electron chi connectivity index (χ4n) is 5.42. The lowest BCUT2D eigenvalue weighted by atomic mass is 9.63. The van der Waals surface area contributed by atoms with Crippen molar-refractivity contribution in [1.82, 2.24) is 0 Å². The fourth-order valence-corrected chi connectivity index (χ4v) is 5.42. The summed E-state index contributed by atoms with van der Waals surface area (Å²) in [5.74, 6) is 0.618. The molecule has 178 valence electrons. The Bertz CT molecular complexity index is 743. The average Bonchev–Trinajstić information content (AvgIpc) is 2.83. The predicted octanol–water partition coefficient (Wildman–Crippen LogP) is 9.85. The molecule has 0 aliphatic rings. The Labute approximate surface area is 200 Å². The SMILES string of the molecule is CCCCc1cc(CCCC)c(C(C)(c2ccccc2)C(C)CCCC)c(CCCC)c1. The van der Waals surface area contributed by atoms with Crippen molar-refractivity contribution in [2.45, 2.75) is 124 Å². The first-order chi connectivity index (χ1) is 15.5. The summed E-state index contributed by atoms with van der Waals surface area (Å²) >= 11 is 0. The molecule has 2 rings (SSSR count). The molecule has 0 amide bonds. The molecule has 0 heteroatoms. The Kier molecular flexibility index (Phi) is 11.6. The van der Waals surface area contributed by atoms with Crippen molar-refractivity contribution in [3.8, 4) is 0 Å². The molecule has 0 fully saturated rings. The van der Waals surface area contributed by atoms with Crippen LogP contribution >= 0.6 is 0 Å². The molecule has 32 heavy (non-hydrogen) atoms. The normalized spacial score (nSPS) is 14.3. The predicted molar refractivity (Wildman–Crippen MR) is 144 cm³/mol. The Hall–Kier alpha value is -1.56. The molecular weight excluding hydrogens is 384 g/mol. The van der Waals surface area contributed by atoms with Crippen molar-refractivity contribution in [2.75, 3.05) is 0 Å². The van der Waals surface area contributed by atoms with Gasteiger partial charge in [0.25, 0.3) is 0 Å². The second-order valence-electron chi connectivity index (χ2n) is 10.2. The van der Waals surface area contributed by atoms with Crippen molar-refractivity contribution in [3.63, 3.8) is 0 Å². The number of benzene rings is 2. The molecule has 0 radical (unpaired) electrons. The summed E-state index contributed by atoms with van der Waals surface area (Å²) < 4.78 is 0. The standard InChI is InChI=1S/C32H50/c1-7-11-18-26(5)32(6,30-22-16-15-17-23-30)31-28(20-13-9-3)24-27(19-12-8-2)25-29(31)21-14-10-4/h15-17,22-26H,7-14,18-21H2,1-6H3. The third-order valence-electron chi connectivity index (χ3n) is 7.65. The van der Waals surface area contributed by atoms with Crippen LogP contribution < -0.4 is 0 Å². The molecule has 0 heterocycles. The highest BCUT2D eigenvalue weighted by Gasteiger charge is 2.38. The average molecular weight is 435 g/mol. The minimum absolute atomic E-state index is 0.0614. The topological polar surface area (TPSA) is 0 Å². The van der Waals surface area contributed by atoms with Gasteiger partial charge in [0, 0.05) is 5.41 Å². The second-order valence-corrected chi connectivity index (χ2v) is 10.2. The van der Waals surface area contributed by atoms with E-state index in [1.807, 2.05) is 0 Å². The smallest absolute Gasteiger partial charge is 0.0205 e. The van der Waals surface area contributed by atoms with E-state index in [1.165, 1.54) is 82.6 Å². The van der Waals surface area contributed by atoms with Crippen molar-refractivity contribution >= 4 is 0 Å². The first-order valence-corrected chi connectivity index (χ1v) is 13.7. The molecule has 0 N–H and O–H groups in total. The summed E-state index contributed by atoms with van der Waals surface area (Å²) in [6.45, 7) is 14.4. The maximum absolute atomic E-state index is 2.60. The lowest BCUT2D eigenvalue weighted by molar-refractivity contribution is 0.338. The van der Waals surface area contributed by atoms with E-state index in [4.69, 9.17) is 0 Å². The van der Waals surface area contributed by atoms with Crippen LogP contribution in [0.1, 0.15) is 127 Å². The van der Waals surface area contributed by atoms with Gasteiger partial charge in [-0.3, -0.25) is 0 Å². The molecule has 0 aliphatic carbocycles. The van der Waals surface area contributed by atoms with Crippen molar-refractivity contribution in [2.24, 2.45) is 5.92 Å². The van der Waals surface area contributed by atoms with Crippen molar-refractivity contribution < 1.29 is 0 Å². The van der Waals surface area contributed by atoms with E-state index in [0.717, 1.165) is 0 Å². The van der Waals surface area contributed by atoms with Crippen molar-refractivity contribution in [3.05, 3.63) is 70.3 Å². The van der Waals surface area contributed by atoms with Gasteiger partial charge in [-0.2, -0.15) is 0 Å². The highest BCUT2D eigenvalue weighted by atomic mass is 14.4. The Morgan fingerprint density at radius 1 is 0.688 bits per heavy atom. The zero-order valence-electron chi connectivity index (χ0n) is 22.1. The molecule has 0 spiro atoms. The molecule has 0 saturated carbocycles.